The predicted molar refractivity (Wildman–Crippen MR) is 146 cm³/mol. The van der Waals surface area contributed by atoms with Gasteiger partial charge in [-0.2, -0.15) is 0 Å². The number of hydrogen-bond acceptors (Lipinski definition) is 2. The molecule has 5 heteroatoms. The quantitative estimate of drug-likeness (QED) is 0.213. The van der Waals surface area contributed by atoms with Gasteiger partial charge in [0.1, 0.15) is 14.7 Å². The van der Waals surface area contributed by atoms with Crippen molar-refractivity contribution in [2.75, 3.05) is 6.61 Å². The second-order valence-electron chi connectivity index (χ2n) is 9.42. The van der Waals surface area contributed by atoms with Crippen LogP contribution in [0.1, 0.15) is 33.7 Å². The third kappa shape index (κ3) is 5.51. The van der Waals surface area contributed by atoms with Gasteiger partial charge < -0.3 is 10.1 Å². The summed E-state index contributed by atoms with van der Waals surface area (Å²) in [4.78, 5) is 12.6. The summed E-state index contributed by atoms with van der Waals surface area (Å²) in [5.41, 5.74) is 11.5. The molecule has 0 heterocycles. The first-order valence-electron chi connectivity index (χ1n) is 11.1. The maximum atomic E-state index is 12.6. The van der Waals surface area contributed by atoms with Crippen LogP contribution in [0.25, 0.3) is 11.1 Å². The van der Waals surface area contributed by atoms with Crippen molar-refractivity contribution < 1.29 is 9.53 Å². The predicted octanol–water partition coefficient (Wildman–Crippen LogP) is 6.87. The van der Waals surface area contributed by atoms with Crippen LogP contribution in [0.4, 0.5) is 4.79 Å². The van der Waals surface area contributed by atoms with E-state index in [1.807, 2.05) is 12.1 Å². The van der Waals surface area contributed by atoms with Crippen LogP contribution in [0.3, 0.4) is 0 Å². The molecule has 0 spiro atoms. The van der Waals surface area contributed by atoms with Gasteiger partial charge >= 0.3 is 6.09 Å². The summed E-state index contributed by atoms with van der Waals surface area (Å²) in [5, 5.41) is 2.93. The number of carbonyl (C=O) groups is 1. The summed E-state index contributed by atoms with van der Waals surface area (Å²) in [6.45, 7) is 9.52. The number of alkyl carbamates (subject to hydrolysis) is 1. The van der Waals surface area contributed by atoms with Gasteiger partial charge in [0.05, 0.1) is 0 Å². The van der Waals surface area contributed by atoms with Crippen molar-refractivity contribution in [1.82, 2.24) is 5.32 Å². The fourth-order valence-electron chi connectivity index (χ4n) is 4.07. The van der Waals surface area contributed by atoms with Crippen molar-refractivity contribution in [1.29, 1.82) is 0 Å². The van der Waals surface area contributed by atoms with E-state index in [1.54, 1.807) is 0 Å². The highest BCUT2D eigenvalue weighted by atomic mass is 127. The molecule has 3 nitrogen and oxygen atoms in total. The third-order valence-electron chi connectivity index (χ3n) is 5.80. The number of hydrogen-bond donors (Lipinski definition) is 1. The van der Waals surface area contributed by atoms with E-state index in [4.69, 9.17) is 4.74 Å². The Morgan fingerprint density at radius 1 is 1.03 bits per heavy atom. The Labute approximate surface area is 211 Å². The Morgan fingerprint density at radius 2 is 1.64 bits per heavy atom. The van der Waals surface area contributed by atoms with E-state index < -0.39 is 14.2 Å². The van der Waals surface area contributed by atoms with Crippen molar-refractivity contribution in [3.63, 3.8) is 0 Å². The number of halogens is 1. The molecule has 3 aromatic rings. The van der Waals surface area contributed by atoms with Gasteiger partial charge in [-0.15, -0.1) is 5.54 Å². The molecule has 0 fully saturated rings. The number of fused-ring (bicyclic) bond motifs is 3. The summed E-state index contributed by atoms with van der Waals surface area (Å²) in [7, 11) is -1.45. The smallest absolute Gasteiger partial charge is 0.407 e. The van der Waals surface area contributed by atoms with Gasteiger partial charge in [0.25, 0.3) is 0 Å². The van der Waals surface area contributed by atoms with E-state index >= 15 is 0 Å². The Bertz CT molecular complexity index is 1220. The number of ether oxygens (including phenoxy) is 1. The molecule has 0 bridgehead atoms. The van der Waals surface area contributed by atoms with Crippen LogP contribution in [0.5, 0.6) is 0 Å². The zero-order valence-electron chi connectivity index (χ0n) is 19.5. The van der Waals surface area contributed by atoms with E-state index in [0.717, 1.165) is 20.3 Å². The molecule has 0 aliphatic heterocycles. The molecule has 0 radical (unpaired) electrons. The monoisotopic (exact) mass is 565 g/mol. The molecule has 1 aliphatic carbocycles. The van der Waals surface area contributed by atoms with Crippen molar-refractivity contribution in [3.8, 4) is 22.6 Å². The van der Waals surface area contributed by atoms with Gasteiger partial charge in [0.15, 0.2) is 0 Å². The number of amides is 1. The van der Waals surface area contributed by atoms with Crippen LogP contribution >= 0.6 is 22.6 Å². The maximum absolute atomic E-state index is 12.6. The normalized spacial score (nSPS) is 12.4. The average molecular weight is 566 g/mol. The molecule has 4 rings (SSSR count). The lowest BCUT2D eigenvalue weighted by Crippen LogP contribution is -2.26. The SMILES string of the molecule is Cc1c(I)cc(C#C[Si](C)(C)C)cc1CNC(=O)OCC1c2ccccc2-c2ccccc21. The molecule has 0 atom stereocenters. The van der Waals surface area contributed by atoms with E-state index in [2.05, 4.69) is 114 Å². The maximum Gasteiger partial charge on any atom is 0.407 e. The van der Waals surface area contributed by atoms with Crippen LogP contribution in [-0.2, 0) is 11.3 Å². The van der Waals surface area contributed by atoms with Crippen molar-refractivity contribution in [3.05, 3.63) is 92.1 Å². The van der Waals surface area contributed by atoms with Gasteiger partial charge in [-0.1, -0.05) is 74.1 Å². The topological polar surface area (TPSA) is 38.3 Å². The Kier molecular flexibility index (Phi) is 6.96. The largest absolute Gasteiger partial charge is 0.449 e. The summed E-state index contributed by atoms with van der Waals surface area (Å²) in [6, 6.07) is 20.9. The zero-order chi connectivity index (χ0) is 23.6. The molecular weight excluding hydrogens is 537 g/mol. The van der Waals surface area contributed by atoms with E-state index in [1.165, 1.54) is 22.3 Å². The van der Waals surface area contributed by atoms with Crippen LogP contribution in [0.2, 0.25) is 19.6 Å². The Hall–Kier alpha value is -2.56. The minimum Gasteiger partial charge on any atom is -0.449 e. The molecule has 0 saturated carbocycles. The molecule has 1 N–H and O–H groups in total. The lowest BCUT2D eigenvalue weighted by Gasteiger charge is -2.15. The second-order valence-corrected chi connectivity index (χ2v) is 15.3. The van der Waals surface area contributed by atoms with Crippen molar-refractivity contribution >= 4 is 36.8 Å². The van der Waals surface area contributed by atoms with Crippen LogP contribution in [0.15, 0.2) is 60.7 Å². The van der Waals surface area contributed by atoms with Gasteiger partial charge in [-0.3, -0.25) is 0 Å². The molecule has 33 heavy (non-hydrogen) atoms. The fraction of sp³-hybridized carbons (Fsp3) is 0.250. The van der Waals surface area contributed by atoms with Gasteiger partial charge in [0.2, 0.25) is 0 Å². The first kappa shape index (κ1) is 23.6. The van der Waals surface area contributed by atoms with E-state index in [-0.39, 0.29) is 5.92 Å². The average Bonchev–Trinajstić information content (AvgIpc) is 3.10. The summed E-state index contributed by atoms with van der Waals surface area (Å²) in [6.07, 6.45) is -0.398. The van der Waals surface area contributed by atoms with Crippen molar-refractivity contribution in [2.24, 2.45) is 0 Å². The standard InChI is InChI=1S/C28H28INO2Si/c1-19-21(15-20(16-27(19)29)13-14-33(2,3)4)17-30-28(31)32-18-26-24-11-7-5-9-22(24)23-10-6-8-12-25(23)26/h5-12,15-16,26H,17-18H2,1-4H3,(H,30,31). The van der Waals surface area contributed by atoms with Crippen LogP contribution in [-0.4, -0.2) is 20.8 Å². The molecule has 0 aromatic heterocycles. The summed E-state index contributed by atoms with van der Waals surface area (Å²) < 4.78 is 6.83. The lowest BCUT2D eigenvalue weighted by atomic mass is 9.98. The van der Waals surface area contributed by atoms with Crippen LogP contribution < -0.4 is 5.32 Å². The zero-order valence-corrected chi connectivity index (χ0v) is 22.6. The van der Waals surface area contributed by atoms with Gasteiger partial charge in [0, 0.05) is 21.6 Å². The van der Waals surface area contributed by atoms with Crippen molar-refractivity contribution in [2.45, 2.75) is 39.0 Å². The minimum atomic E-state index is -1.45. The first-order valence-corrected chi connectivity index (χ1v) is 15.7. The number of carbonyl (C=O) groups excluding carboxylic acids is 1. The minimum absolute atomic E-state index is 0.0611. The van der Waals surface area contributed by atoms with Gasteiger partial charge in [-0.05, 0) is 75.0 Å². The van der Waals surface area contributed by atoms with Crippen LogP contribution in [0, 0.1) is 22.0 Å². The number of benzene rings is 3. The highest BCUT2D eigenvalue weighted by molar-refractivity contribution is 14.1. The number of nitrogens with one attached hydrogen (secondary N) is 1. The highest BCUT2D eigenvalue weighted by Gasteiger charge is 2.29. The van der Waals surface area contributed by atoms with E-state index in [9.17, 15) is 4.79 Å². The molecule has 1 amide bonds. The molecule has 0 saturated heterocycles. The molecule has 168 valence electrons. The summed E-state index contributed by atoms with van der Waals surface area (Å²) in [5.74, 6) is 3.39. The Balaban J connectivity index is 1.43. The fourth-order valence-corrected chi connectivity index (χ4v) is 5.27. The molecule has 3 aromatic carbocycles. The third-order valence-corrected chi connectivity index (χ3v) is 7.80. The highest BCUT2D eigenvalue weighted by Crippen LogP contribution is 2.44. The summed E-state index contributed by atoms with van der Waals surface area (Å²) >= 11 is 2.34. The van der Waals surface area contributed by atoms with Gasteiger partial charge in [-0.25, -0.2) is 4.79 Å². The number of rotatable bonds is 4. The Morgan fingerprint density at radius 3 is 2.24 bits per heavy atom. The molecular formula is C28H28INO2Si. The van der Waals surface area contributed by atoms with E-state index in [0.29, 0.717) is 13.2 Å². The first-order chi connectivity index (χ1) is 15.7. The molecule has 1 aliphatic rings. The molecule has 0 unspecified atom stereocenters. The lowest BCUT2D eigenvalue weighted by molar-refractivity contribution is 0.142. The second kappa shape index (κ2) is 9.74.